The van der Waals surface area contributed by atoms with Crippen molar-refractivity contribution in [2.75, 3.05) is 20.2 Å². The number of nitrogens with two attached hydrogens (primary N) is 1. The number of methoxy groups -OCH3 is 1. The Morgan fingerprint density at radius 2 is 2.11 bits per heavy atom. The summed E-state index contributed by atoms with van der Waals surface area (Å²) in [6.45, 7) is 1.26. The fraction of sp³-hybridized carbons (Fsp3) is 0.462. The predicted molar refractivity (Wildman–Crippen MR) is 76.1 cm³/mol. The molecule has 0 spiro atoms. The van der Waals surface area contributed by atoms with E-state index in [0.29, 0.717) is 34.4 Å². The molecule has 1 heterocycles. The zero-order valence-electron chi connectivity index (χ0n) is 10.7. The highest BCUT2D eigenvalue weighted by molar-refractivity contribution is 6.42. The van der Waals surface area contributed by atoms with Gasteiger partial charge in [-0.15, -0.1) is 0 Å². The first-order chi connectivity index (χ1) is 9.02. The molecule has 2 N–H and O–H groups in total. The summed E-state index contributed by atoms with van der Waals surface area (Å²) < 4.78 is 5.20. The van der Waals surface area contributed by atoms with E-state index in [1.807, 2.05) is 0 Å². The normalized spacial score (nSPS) is 19.4. The minimum Gasteiger partial charge on any atom is -0.496 e. The maximum Gasteiger partial charge on any atom is 0.257 e. The monoisotopic (exact) mass is 302 g/mol. The minimum atomic E-state index is -0.120. The quantitative estimate of drug-likeness (QED) is 0.913. The van der Waals surface area contributed by atoms with Gasteiger partial charge < -0.3 is 15.4 Å². The van der Waals surface area contributed by atoms with E-state index in [2.05, 4.69) is 0 Å². The lowest BCUT2D eigenvalue weighted by molar-refractivity contribution is 0.0705. The molecule has 1 amide bonds. The van der Waals surface area contributed by atoms with Gasteiger partial charge in [-0.25, -0.2) is 0 Å². The summed E-state index contributed by atoms with van der Waals surface area (Å²) in [6, 6.07) is 3.14. The molecule has 2 rings (SSSR count). The van der Waals surface area contributed by atoms with Gasteiger partial charge in [0.25, 0.3) is 5.91 Å². The number of halogens is 2. The minimum absolute atomic E-state index is 0.0338. The van der Waals surface area contributed by atoms with Crippen molar-refractivity contribution in [1.82, 2.24) is 4.90 Å². The second-order valence-electron chi connectivity index (χ2n) is 4.62. The van der Waals surface area contributed by atoms with Gasteiger partial charge in [-0.05, 0) is 18.9 Å². The van der Waals surface area contributed by atoms with E-state index < -0.39 is 0 Å². The third-order valence-electron chi connectivity index (χ3n) is 3.22. The van der Waals surface area contributed by atoms with Crippen LogP contribution in [0.2, 0.25) is 10.0 Å². The number of ether oxygens (including phenoxy) is 1. The molecule has 19 heavy (non-hydrogen) atoms. The molecular weight excluding hydrogens is 287 g/mol. The van der Waals surface area contributed by atoms with Crippen molar-refractivity contribution in [1.29, 1.82) is 0 Å². The summed E-state index contributed by atoms with van der Waals surface area (Å²) in [7, 11) is 1.50. The zero-order valence-corrected chi connectivity index (χ0v) is 12.2. The van der Waals surface area contributed by atoms with Gasteiger partial charge in [0.05, 0.1) is 22.7 Å². The summed E-state index contributed by atoms with van der Waals surface area (Å²) in [5.74, 6) is 0.309. The molecule has 1 aromatic rings. The molecule has 0 radical (unpaired) electrons. The second kappa shape index (κ2) is 5.99. The molecule has 0 saturated carbocycles. The van der Waals surface area contributed by atoms with Gasteiger partial charge in [-0.3, -0.25) is 4.79 Å². The van der Waals surface area contributed by atoms with Crippen LogP contribution in [0, 0.1) is 0 Å². The van der Waals surface area contributed by atoms with Crippen LogP contribution in [0.3, 0.4) is 0 Å². The Morgan fingerprint density at radius 1 is 1.42 bits per heavy atom. The van der Waals surface area contributed by atoms with Crippen LogP contribution in [0.25, 0.3) is 0 Å². The van der Waals surface area contributed by atoms with E-state index >= 15 is 0 Å². The van der Waals surface area contributed by atoms with E-state index in [9.17, 15) is 4.79 Å². The highest BCUT2D eigenvalue weighted by Crippen LogP contribution is 2.31. The number of piperidine rings is 1. The number of carbonyl (C=O) groups excluding carboxylic acids is 1. The van der Waals surface area contributed by atoms with Crippen molar-refractivity contribution in [2.24, 2.45) is 5.73 Å². The first-order valence-electron chi connectivity index (χ1n) is 6.11. The van der Waals surface area contributed by atoms with Crippen molar-refractivity contribution in [2.45, 2.75) is 18.9 Å². The number of carbonyl (C=O) groups is 1. The Balaban J connectivity index is 2.30. The van der Waals surface area contributed by atoms with Gasteiger partial charge in [-0.1, -0.05) is 23.2 Å². The number of nitrogens with zero attached hydrogens (tertiary/aromatic N) is 1. The molecule has 1 aliphatic rings. The van der Waals surface area contributed by atoms with Crippen molar-refractivity contribution >= 4 is 29.1 Å². The molecule has 0 bridgehead atoms. The number of amides is 1. The first-order valence-corrected chi connectivity index (χ1v) is 6.86. The van der Waals surface area contributed by atoms with Gasteiger partial charge >= 0.3 is 0 Å². The lowest BCUT2D eigenvalue weighted by atomic mass is 10.0. The van der Waals surface area contributed by atoms with Crippen molar-refractivity contribution in [3.05, 3.63) is 27.7 Å². The molecular formula is C13H16Cl2N2O2. The maximum atomic E-state index is 12.5. The topological polar surface area (TPSA) is 55.6 Å². The molecule has 1 atom stereocenters. The molecule has 0 aromatic heterocycles. The average Bonchev–Trinajstić information content (AvgIpc) is 2.40. The summed E-state index contributed by atoms with van der Waals surface area (Å²) in [4.78, 5) is 14.2. The summed E-state index contributed by atoms with van der Waals surface area (Å²) in [5.41, 5.74) is 6.32. The van der Waals surface area contributed by atoms with Crippen LogP contribution in [-0.4, -0.2) is 37.0 Å². The number of hydrogen-bond acceptors (Lipinski definition) is 3. The van der Waals surface area contributed by atoms with E-state index in [4.69, 9.17) is 33.7 Å². The van der Waals surface area contributed by atoms with Gasteiger partial charge in [0.1, 0.15) is 5.75 Å². The largest absolute Gasteiger partial charge is 0.496 e. The van der Waals surface area contributed by atoms with Gasteiger partial charge in [0, 0.05) is 25.2 Å². The molecule has 1 fully saturated rings. The van der Waals surface area contributed by atoms with Crippen LogP contribution in [0.1, 0.15) is 23.2 Å². The number of likely N-dealkylation sites (tertiary alicyclic amines) is 1. The molecule has 4 nitrogen and oxygen atoms in total. The Hall–Kier alpha value is -0.970. The molecule has 1 aromatic carbocycles. The summed E-state index contributed by atoms with van der Waals surface area (Å²) in [6.07, 6.45) is 1.86. The number of benzene rings is 1. The SMILES string of the molecule is COc1cc(Cl)c(Cl)cc1C(=O)N1CCC[C@@H](N)C1. The lowest BCUT2D eigenvalue weighted by Crippen LogP contribution is -2.45. The van der Waals surface area contributed by atoms with E-state index in [1.165, 1.54) is 7.11 Å². The summed E-state index contributed by atoms with van der Waals surface area (Å²) in [5, 5.41) is 0.706. The molecule has 1 aliphatic heterocycles. The number of rotatable bonds is 2. The second-order valence-corrected chi connectivity index (χ2v) is 5.43. The fourth-order valence-corrected chi connectivity index (χ4v) is 2.55. The third-order valence-corrected chi connectivity index (χ3v) is 3.94. The number of hydrogen-bond donors (Lipinski definition) is 1. The Morgan fingerprint density at radius 3 is 2.74 bits per heavy atom. The van der Waals surface area contributed by atoms with Gasteiger partial charge in [-0.2, -0.15) is 0 Å². The Kier molecular flexibility index (Phi) is 4.55. The smallest absolute Gasteiger partial charge is 0.257 e. The van der Waals surface area contributed by atoms with Crippen LogP contribution in [-0.2, 0) is 0 Å². The fourth-order valence-electron chi connectivity index (χ4n) is 2.23. The molecule has 1 saturated heterocycles. The first kappa shape index (κ1) is 14.4. The average molecular weight is 303 g/mol. The van der Waals surface area contributed by atoms with Crippen LogP contribution in [0.5, 0.6) is 5.75 Å². The predicted octanol–water partition coefficient (Wildman–Crippen LogP) is 2.57. The van der Waals surface area contributed by atoms with Crippen LogP contribution >= 0.6 is 23.2 Å². The maximum absolute atomic E-state index is 12.5. The molecule has 0 aliphatic carbocycles. The summed E-state index contributed by atoms with van der Waals surface area (Å²) >= 11 is 11.9. The van der Waals surface area contributed by atoms with Crippen LogP contribution < -0.4 is 10.5 Å². The third kappa shape index (κ3) is 3.14. The van der Waals surface area contributed by atoms with E-state index in [0.717, 1.165) is 12.8 Å². The van der Waals surface area contributed by atoms with Crippen molar-refractivity contribution in [3.63, 3.8) is 0 Å². The van der Waals surface area contributed by atoms with Crippen molar-refractivity contribution < 1.29 is 9.53 Å². The van der Waals surface area contributed by atoms with Gasteiger partial charge in [0.15, 0.2) is 0 Å². The van der Waals surface area contributed by atoms with E-state index in [1.54, 1.807) is 17.0 Å². The highest BCUT2D eigenvalue weighted by atomic mass is 35.5. The van der Waals surface area contributed by atoms with E-state index in [-0.39, 0.29) is 11.9 Å². The van der Waals surface area contributed by atoms with Gasteiger partial charge in [0.2, 0.25) is 0 Å². The molecule has 6 heteroatoms. The lowest BCUT2D eigenvalue weighted by Gasteiger charge is -2.31. The zero-order chi connectivity index (χ0) is 14.0. The van der Waals surface area contributed by atoms with Crippen molar-refractivity contribution in [3.8, 4) is 5.75 Å². The standard InChI is InChI=1S/C13H16Cl2N2O2/c1-19-12-6-11(15)10(14)5-9(12)13(18)17-4-2-3-8(16)7-17/h5-6,8H,2-4,7,16H2,1H3/t8-/m1/s1. The van der Waals surface area contributed by atoms with Crippen LogP contribution in [0.4, 0.5) is 0 Å². The molecule has 104 valence electrons. The molecule has 0 unspecified atom stereocenters. The highest BCUT2D eigenvalue weighted by Gasteiger charge is 2.25. The van der Waals surface area contributed by atoms with Crippen LogP contribution in [0.15, 0.2) is 12.1 Å². The Labute approximate surface area is 122 Å². The Bertz CT molecular complexity index is 494.